The van der Waals surface area contributed by atoms with Gasteiger partial charge in [-0.1, -0.05) is 53.9 Å². The molecule has 3 unspecified atom stereocenters. The van der Waals surface area contributed by atoms with E-state index >= 15 is 0 Å². The van der Waals surface area contributed by atoms with Gasteiger partial charge in [-0.3, -0.25) is 0 Å². The Morgan fingerprint density at radius 2 is 1.51 bits per heavy atom. The van der Waals surface area contributed by atoms with E-state index in [1.165, 1.54) is 64.2 Å². The van der Waals surface area contributed by atoms with Crippen LogP contribution in [0.2, 0.25) is 0 Å². The van der Waals surface area contributed by atoms with Gasteiger partial charge in [0.15, 0.2) is 0 Å². The van der Waals surface area contributed by atoms with Gasteiger partial charge in [-0.15, -0.1) is 0 Å². The van der Waals surface area contributed by atoms with Crippen LogP contribution < -0.4 is 0 Å². The maximum Gasteiger partial charge on any atom is 0.112 e. The lowest BCUT2D eigenvalue weighted by atomic mass is 9.44. The molecule has 4 aliphatic carbocycles. The summed E-state index contributed by atoms with van der Waals surface area (Å²) < 4.78 is 5.68. The third kappa shape index (κ3) is 5.81. The van der Waals surface area contributed by atoms with Gasteiger partial charge in [-0.2, -0.15) is 0 Å². The van der Waals surface area contributed by atoms with Gasteiger partial charge in [0.1, 0.15) is 30.5 Å². The average Bonchev–Trinajstić information content (AvgIpc) is 3.30. The van der Waals surface area contributed by atoms with Crippen molar-refractivity contribution in [2.75, 3.05) is 6.61 Å². The van der Waals surface area contributed by atoms with Crippen molar-refractivity contribution in [1.29, 1.82) is 0 Å². The SMILES string of the molecule is CC(C)[C@@H](CC[C@@H](C)[C@H]1CC[C@H]2[C@@H]3CCC4CCCC[C@]4(C)[C@H]3CC[C@]12C)CC(O)C1O[C@H](CO)[C@@H](O)[C@H](O)[C@H]1O. The van der Waals surface area contributed by atoms with E-state index < -0.39 is 43.2 Å². The lowest BCUT2D eigenvalue weighted by Crippen LogP contribution is -2.61. The molecule has 5 aliphatic rings. The van der Waals surface area contributed by atoms with Gasteiger partial charge in [-0.05, 0) is 122 Å². The van der Waals surface area contributed by atoms with Gasteiger partial charge >= 0.3 is 0 Å². The predicted octanol–water partition coefficient (Wildman–Crippen LogP) is 5.32. The van der Waals surface area contributed by atoms with E-state index in [0.29, 0.717) is 29.1 Å². The first kappa shape index (κ1) is 32.2. The molecule has 1 heterocycles. The lowest BCUT2D eigenvalue weighted by Gasteiger charge is -2.61. The Balaban J connectivity index is 1.19. The Morgan fingerprint density at radius 3 is 2.22 bits per heavy atom. The van der Waals surface area contributed by atoms with Crippen molar-refractivity contribution in [2.45, 2.75) is 155 Å². The highest BCUT2D eigenvalue weighted by Crippen LogP contribution is 2.68. The average molecular weight is 579 g/mol. The number of hydrogen-bond acceptors (Lipinski definition) is 6. The van der Waals surface area contributed by atoms with Crippen LogP contribution in [0.3, 0.4) is 0 Å². The molecule has 0 radical (unpaired) electrons. The molecular weight excluding hydrogens is 516 g/mol. The number of fused-ring (bicyclic) bond motifs is 5. The number of aliphatic hydroxyl groups is 5. The van der Waals surface area contributed by atoms with Crippen LogP contribution >= 0.6 is 0 Å². The van der Waals surface area contributed by atoms with Crippen LogP contribution in [0.15, 0.2) is 0 Å². The third-order valence-corrected chi connectivity index (χ3v) is 14.1. The predicted molar refractivity (Wildman–Crippen MR) is 161 cm³/mol. The Morgan fingerprint density at radius 1 is 0.780 bits per heavy atom. The molecule has 15 atom stereocenters. The number of rotatable bonds is 9. The summed E-state index contributed by atoms with van der Waals surface area (Å²) in [6.07, 6.45) is 9.85. The highest BCUT2D eigenvalue weighted by molar-refractivity contribution is 5.09. The molecule has 0 aromatic carbocycles. The van der Waals surface area contributed by atoms with E-state index in [4.69, 9.17) is 4.74 Å². The fraction of sp³-hybridized carbons (Fsp3) is 1.00. The second kappa shape index (κ2) is 12.6. The first-order valence-corrected chi connectivity index (χ1v) is 17.4. The summed E-state index contributed by atoms with van der Waals surface area (Å²) in [6, 6.07) is 0. The molecule has 238 valence electrons. The molecule has 6 heteroatoms. The standard InChI is InChI=1S/C35H62O6/c1-20(2)22(18-28(37)33-32(40)31(39)30(38)29(19-36)41-33)10-9-21(3)25-13-14-26-24-12-11-23-8-6-7-16-34(23,4)27(24)15-17-35(25,26)5/h20-33,36-40H,6-19H2,1-5H3/t21-,22+,23?,24+,25-,26+,27+,28?,29-,30-,31+,32-,33?,34+,35-/m1/s1. The van der Waals surface area contributed by atoms with Gasteiger partial charge in [-0.25, -0.2) is 0 Å². The maximum atomic E-state index is 11.1. The Labute approximate surface area is 249 Å². The van der Waals surface area contributed by atoms with Crippen LogP contribution in [-0.4, -0.2) is 68.8 Å². The molecule has 0 aromatic heterocycles. The van der Waals surface area contributed by atoms with E-state index in [-0.39, 0.29) is 5.92 Å². The summed E-state index contributed by atoms with van der Waals surface area (Å²) in [5.41, 5.74) is 1.06. The highest BCUT2D eigenvalue weighted by Gasteiger charge is 2.60. The van der Waals surface area contributed by atoms with Crippen molar-refractivity contribution in [3.63, 3.8) is 0 Å². The molecule has 4 saturated carbocycles. The van der Waals surface area contributed by atoms with Gasteiger partial charge < -0.3 is 30.3 Å². The van der Waals surface area contributed by atoms with Gasteiger partial charge in [0.25, 0.3) is 0 Å². The van der Waals surface area contributed by atoms with Crippen molar-refractivity contribution < 1.29 is 30.3 Å². The minimum atomic E-state index is -1.44. The van der Waals surface area contributed by atoms with Crippen LogP contribution in [0, 0.1) is 58.2 Å². The Bertz CT molecular complexity index is 864. The minimum absolute atomic E-state index is 0.266. The largest absolute Gasteiger partial charge is 0.394 e. The van der Waals surface area contributed by atoms with Crippen LogP contribution in [0.1, 0.15) is 118 Å². The van der Waals surface area contributed by atoms with Crippen molar-refractivity contribution >= 4 is 0 Å². The fourth-order valence-electron chi connectivity index (χ4n) is 11.6. The zero-order chi connectivity index (χ0) is 29.7. The lowest BCUT2D eigenvalue weighted by molar-refractivity contribution is -0.250. The summed E-state index contributed by atoms with van der Waals surface area (Å²) in [7, 11) is 0. The van der Waals surface area contributed by atoms with E-state index in [9.17, 15) is 25.5 Å². The summed E-state index contributed by atoms with van der Waals surface area (Å²) in [5.74, 6) is 5.80. The number of hydrogen-bond donors (Lipinski definition) is 5. The quantitative estimate of drug-likeness (QED) is 0.253. The van der Waals surface area contributed by atoms with E-state index in [0.717, 1.165) is 42.4 Å². The molecule has 5 fully saturated rings. The zero-order valence-corrected chi connectivity index (χ0v) is 26.6. The fourth-order valence-corrected chi connectivity index (χ4v) is 11.6. The summed E-state index contributed by atoms with van der Waals surface area (Å²) in [4.78, 5) is 0. The molecular formula is C35H62O6. The second-order valence-electron chi connectivity index (χ2n) is 16.3. The van der Waals surface area contributed by atoms with Crippen molar-refractivity contribution in [3.05, 3.63) is 0 Å². The monoisotopic (exact) mass is 578 g/mol. The van der Waals surface area contributed by atoms with Crippen molar-refractivity contribution in [2.24, 2.45) is 58.2 Å². The smallest absolute Gasteiger partial charge is 0.112 e. The van der Waals surface area contributed by atoms with E-state index in [2.05, 4.69) is 34.6 Å². The topological polar surface area (TPSA) is 110 Å². The van der Waals surface area contributed by atoms with Crippen LogP contribution in [0.4, 0.5) is 0 Å². The van der Waals surface area contributed by atoms with Crippen LogP contribution in [0.25, 0.3) is 0 Å². The van der Waals surface area contributed by atoms with Crippen LogP contribution in [-0.2, 0) is 4.74 Å². The van der Waals surface area contributed by atoms with Gasteiger partial charge in [0.2, 0.25) is 0 Å². The first-order chi connectivity index (χ1) is 19.4. The van der Waals surface area contributed by atoms with Crippen LogP contribution in [0.5, 0.6) is 0 Å². The van der Waals surface area contributed by atoms with E-state index in [1.807, 2.05) is 0 Å². The number of ether oxygens (including phenoxy) is 1. The van der Waals surface area contributed by atoms with Crippen molar-refractivity contribution in [3.8, 4) is 0 Å². The summed E-state index contributed by atoms with van der Waals surface area (Å²) in [5, 5.41) is 51.5. The molecule has 1 aliphatic heterocycles. The minimum Gasteiger partial charge on any atom is -0.394 e. The summed E-state index contributed by atoms with van der Waals surface area (Å²) in [6.45, 7) is 11.7. The highest BCUT2D eigenvalue weighted by atomic mass is 16.6. The molecule has 0 amide bonds. The van der Waals surface area contributed by atoms with Crippen molar-refractivity contribution in [1.82, 2.24) is 0 Å². The maximum absolute atomic E-state index is 11.1. The summed E-state index contributed by atoms with van der Waals surface area (Å²) >= 11 is 0. The normalized spacial score (nSPS) is 48.7. The molecule has 5 rings (SSSR count). The zero-order valence-electron chi connectivity index (χ0n) is 26.6. The van der Waals surface area contributed by atoms with E-state index in [1.54, 1.807) is 0 Å². The van der Waals surface area contributed by atoms with Gasteiger partial charge in [0.05, 0.1) is 12.7 Å². The molecule has 5 N–H and O–H groups in total. The molecule has 1 saturated heterocycles. The Kier molecular flexibility index (Phi) is 9.91. The molecule has 6 nitrogen and oxygen atoms in total. The molecule has 0 spiro atoms. The Hall–Kier alpha value is -0.240. The second-order valence-corrected chi connectivity index (χ2v) is 16.3. The third-order valence-electron chi connectivity index (χ3n) is 14.1. The molecule has 0 bridgehead atoms. The van der Waals surface area contributed by atoms with Gasteiger partial charge in [0, 0.05) is 0 Å². The number of aliphatic hydroxyl groups excluding tert-OH is 5. The first-order valence-electron chi connectivity index (χ1n) is 17.4. The molecule has 0 aromatic rings. The molecule has 41 heavy (non-hydrogen) atoms.